The van der Waals surface area contributed by atoms with E-state index in [1.54, 1.807) is 42.5 Å². The summed E-state index contributed by atoms with van der Waals surface area (Å²) in [6.45, 7) is 3.68. The first-order valence-electron chi connectivity index (χ1n) is 8.73. The Bertz CT molecular complexity index is 983. The van der Waals surface area contributed by atoms with Crippen molar-refractivity contribution in [1.29, 1.82) is 0 Å². The number of halogens is 1. The molecule has 0 radical (unpaired) electrons. The average molecular weight is 378 g/mol. The van der Waals surface area contributed by atoms with Crippen LogP contribution in [0.3, 0.4) is 0 Å². The van der Waals surface area contributed by atoms with Crippen molar-refractivity contribution in [1.82, 2.24) is 0 Å². The first-order chi connectivity index (χ1) is 13.0. The van der Waals surface area contributed by atoms with E-state index in [1.165, 1.54) is 0 Å². The van der Waals surface area contributed by atoms with Crippen molar-refractivity contribution in [3.05, 3.63) is 100 Å². The minimum Gasteiger partial charge on any atom is -0.325 e. The van der Waals surface area contributed by atoms with E-state index in [1.807, 2.05) is 44.2 Å². The number of amides is 1. The fourth-order valence-corrected chi connectivity index (χ4v) is 3.02. The Morgan fingerprint density at radius 3 is 2.30 bits per heavy atom. The third-order valence-corrected chi connectivity index (χ3v) is 5.01. The summed E-state index contributed by atoms with van der Waals surface area (Å²) in [4.78, 5) is 25.3. The number of anilines is 1. The van der Waals surface area contributed by atoms with Crippen LogP contribution in [-0.2, 0) is 4.79 Å². The molecule has 1 amide bonds. The second-order valence-corrected chi connectivity index (χ2v) is 6.85. The van der Waals surface area contributed by atoms with Crippen molar-refractivity contribution in [2.24, 2.45) is 0 Å². The summed E-state index contributed by atoms with van der Waals surface area (Å²) < 4.78 is 0. The second-order valence-electron chi connectivity index (χ2n) is 6.44. The van der Waals surface area contributed by atoms with Crippen molar-refractivity contribution in [3.63, 3.8) is 0 Å². The lowest BCUT2D eigenvalue weighted by atomic mass is 9.95. The summed E-state index contributed by atoms with van der Waals surface area (Å²) in [6, 6.07) is 21.7. The summed E-state index contributed by atoms with van der Waals surface area (Å²) >= 11 is 6.12. The highest BCUT2D eigenvalue weighted by Crippen LogP contribution is 2.25. The van der Waals surface area contributed by atoms with Gasteiger partial charge in [0.2, 0.25) is 5.91 Å². The number of carbonyl (C=O) groups excluding carboxylic acids is 2. The standard InChI is InChI=1S/C23H20ClNO2/c1-15(23(27)25-21-13-7-12-20(24)16(21)2)18-10-6-11-19(14-18)22(26)17-8-4-3-5-9-17/h3-15H,1-2H3,(H,25,27)/t15-/m0/s1. The predicted octanol–water partition coefficient (Wildman–Crippen LogP) is 5.62. The van der Waals surface area contributed by atoms with E-state index in [9.17, 15) is 9.59 Å². The van der Waals surface area contributed by atoms with Gasteiger partial charge in [0.15, 0.2) is 5.78 Å². The SMILES string of the molecule is Cc1c(Cl)cccc1NC(=O)[C@@H](C)c1cccc(C(=O)c2ccccc2)c1. The summed E-state index contributed by atoms with van der Waals surface area (Å²) in [6.07, 6.45) is 0. The first-order valence-corrected chi connectivity index (χ1v) is 9.11. The van der Waals surface area contributed by atoms with Gasteiger partial charge in [0, 0.05) is 21.8 Å². The van der Waals surface area contributed by atoms with E-state index in [0.717, 1.165) is 11.1 Å². The number of hydrogen-bond donors (Lipinski definition) is 1. The summed E-state index contributed by atoms with van der Waals surface area (Å²) in [5, 5.41) is 3.53. The van der Waals surface area contributed by atoms with Crippen LogP contribution in [0.25, 0.3) is 0 Å². The summed E-state index contributed by atoms with van der Waals surface area (Å²) in [5.74, 6) is -0.618. The lowest BCUT2D eigenvalue weighted by Gasteiger charge is -2.15. The lowest BCUT2D eigenvalue weighted by molar-refractivity contribution is -0.117. The number of carbonyl (C=O) groups is 2. The molecule has 0 aliphatic carbocycles. The fraction of sp³-hybridized carbons (Fsp3) is 0.130. The smallest absolute Gasteiger partial charge is 0.231 e. The van der Waals surface area contributed by atoms with Crippen molar-refractivity contribution in [3.8, 4) is 0 Å². The zero-order valence-electron chi connectivity index (χ0n) is 15.2. The summed E-state index contributed by atoms with van der Waals surface area (Å²) in [7, 11) is 0. The van der Waals surface area contributed by atoms with Crippen LogP contribution in [0, 0.1) is 6.92 Å². The van der Waals surface area contributed by atoms with Gasteiger partial charge in [0.25, 0.3) is 0 Å². The Morgan fingerprint density at radius 1 is 0.889 bits per heavy atom. The first kappa shape index (κ1) is 18.9. The topological polar surface area (TPSA) is 46.2 Å². The molecule has 0 spiro atoms. The molecule has 3 rings (SSSR count). The van der Waals surface area contributed by atoms with Gasteiger partial charge in [0.05, 0.1) is 5.92 Å². The molecular weight excluding hydrogens is 358 g/mol. The summed E-state index contributed by atoms with van der Waals surface area (Å²) in [5.41, 5.74) is 3.50. The molecule has 4 heteroatoms. The van der Waals surface area contributed by atoms with Crippen molar-refractivity contribution >= 4 is 29.0 Å². The molecule has 0 aromatic heterocycles. The molecular formula is C23H20ClNO2. The quantitative estimate of drug-likeness (QED) is 0.586. The Balaban J connectivity index is 1.81. The van der Waals surface area contributed by atoms with Crippen molar-refractivity contribution < 1.29 is 9.59 Å². The monoisotopic (exact) mass is 377 g/mol. The van der Waals surface area contributed by atoms with Crippen LogP contribution < -0.4 is 5.32 Å². The van der Waals surface area contributed by atoms with Gasteiger partial charge in [0.1, 0.15) is 0 Å². The molecule has 0 unspecified atom stereocenters. The van der Waals surface area contributed by atoms with Crippen LogP contribution in [0.1, 0.15) is 39.9 Å². The van der Waals surface area contributed by atoms with Crippen LogP contribution in [0.15, 0.2) is 72.8 Å². The highest BCUT2D eigenvalue weighted by molar-refractivity contribution is 6.31. The van der Waals surface area contributed by atoms with Gasteiger partial charge >= 0.3 is 0 Å². The molecule has 27 heavy (non-hydrogen) atoms. The third-order valence-electron chi connectivity index (χ3n) is 4.60. The fourth-order valence-electron chi connectivity index (χ4n) is 2.84. The molecule has 3 aromatic rings. The largest absolute Gasteiger partial charge is 0.325 e. The Morgan fingerprint density at radius 2 is 1.56 bits per heavy atom. The molecule has 0 aliphatic heterocycles. The van der Waals surface area contributed by atoms with E-state index < -0.39 is 5.92 Å². The minimum atomic E-state index is -0.410. The maximum absolute atomic E-state index is 12.7. The predicted molar refractivity (Wildman–Crippen MR) is 110 cm³/mol. The van der Waals surface area contributed by atoms with Gasteiger partial charge in [-0.05, 0) is 43.2 Å². The lowest BCUT2D eigenvalue weighted by Crippen LogP contribution is -2.19. The molecule has 1 N–H and O–H groups in total. The molecule has 0 aliphatic rings. The number of hydrogen-bond acceptors (Lipinski definition) is 2. The van der Waals surface area contributed by atoms with Gasteiger partial charge in [-0.15, -0.1) is 0 Å². The van der Waals surface area contributed by atoms with E-state index in [0.29, 0.717) is 21.8 Å². The molecule has 1 atom stereocenters. The molecule has 3 aromatic carbocycles. The van der Waals surface area contributed by atoms with Crippen molar-refractivity contribution in [2.75, 3.05) is 5.32 Å². The number of benzene rings is 3. The molecule has 0 bridgehead atoms. The maximum atomic E-state index is 12.7. The minimum absolute atomic E-state index is 0.0595. The van der Waals surface area contributed by atoms with E-state index >= 15 is 0 Å². The number of nitrogens with one attached hydrogen (secondary N) is 1. The number of rotatable bonds is 5. The normalized spacial score (nSPS) is 11.7. The molecule has 3 nitrogen and oxygen atoms in total. The Hall–Kier alpha value is -2.91. The molecule has 0 saturated carbocycles. The van der Waals surface area contributed by atoms with Crippen LogP contribution in [0.5, 0.6) is 0 Å². The van der Waals surface area contributed by atoms with Crippen LogP contribution >= 0.6 is 11.6 Å². The third kappa shape index (κ3) is 4.26. The van der Waals surface area contributed by atoms with Gasteiger partial charge in [-0.25, -0.2) is 0 Å². The van der Waals surface area contributed by atoms with Gasteiger partial charge in [-0.3, -0.25) is 9.59 Å². The van der Waals surface area contributed by atoms with Gasteiger partial charge < -0.3 is 5.32 Å². The molecule has 0 heterocycles. The van der Waals surface area contributed by atoms with Crippen LogP contribution in [0.4, 0.5) is 5.69 Å². The van der Waals surface area contributed by atoms with E-state index in [2.05, 4.69) is 5.32 Å². The number of ketones is 1. The van der Waals surface area contributed by atoms with E-state index in [4.69, 9.17) is 11.6 Å². The zero-order chi connectivity index (χ0) is 19.4. The zero-order valence-corrected chi connectivity index (χ0v) is 16.0. The van der Waals surface area contributed by atoms with Crippen LogP contribution in [-0.4, -0.2) is 11.7 Å². The van der Waals surface area contributed by atoms with Crippen molar-refractivity contribution in [2.45, 2.75) is 19.8 Å². The Kier molecular flexibility index (Phi) is 5.72. The molecule has 0 saturated heterocycles. The second kappa shape index (κ2) is 8.19. The molecule has 0 fully saturated rings. The van der Waals surface area contributed by atoms with Gasteiger partial charge in [-0.1, -0.05) is 66.2 Å². The van der Waals surface area contributed by atoms with Crippen LogP contribution in [0.2, 0.25) is 5.02 Å². The highest BCUT2D eigenvalue weighted by Gasteiger charge is 2.18. The Labute approximate surface area is 164 Å². The maximum Gasteiger partial charge on any atom is 0.231 e. The van der Waals surface area contributed by atoms with E-state index in [-0.39, 0.29) is 11.7 Å². The molecule has 136 valence electrons. The van der Waals surface area contributed by atoms with Gasteiger partial charge in [-0.2, -0.15) is 0 Å². The highest BCUT2D eigenvalue weighted by atomic mass is 35.5. The average Bonchev–Trinajstić information content (AvgIpc) is 2.71.